The van der Waals surface area contributed by atoms with E-state index in [1.165, 1.54) is 0 Å². The number of halogens is 2. The van der Waals surface area contributed by atoms with Gasteiger partial charge in [-0.1, -0.05) is 23.2 Å². The van der Waals surface area contributed by atoms with Crippen LogP contribution in [-0.2, 0) is 0 Å². The van der Waals surface area contributed by atoms with Crippen molar-refractivity contribution in [1.82, 2.24) is 20.2 Å². The fourth-order valence-electron chi connectivity index (χ4n) is 2.72. The highest BCUT2D eigenvalue weighted by Gasteiger charge is 2.13. The number of nitrogens with zero attached hydrogens (tertiary/aromatic N) is 2. The first-order valence-electron chi connectivity index (χ1n) is 7.72. The second-order valence-electron chi connectivity index (χ2n) is 5.61. The van der Waals surface area contributed by atoms with Crippen LogP contribution in [0.15, 0.2) is 36.4 Å². The summed E-state index contributed by atoms with van der Waals surface area (Å²) in [5.74, 6) is 1.96. The molecule has 0 saturated heterocycles. The van der Waals surface area contributed by atoms with E-state index >= 15 is 0 Å². The van der Waals surface area contributed by atoms with E-state index in [0.29, 0.717) is 27.4 Å². The Morgan fingerprint density at radius 2 is 1.69 bits per heavy atom. The Morgan fingerprint density at radius 1 is 0.923 bits per heavy atom. The van der Waals surface area contributed by atoms with Gasteiger partial charge in [-0.3, -0.25) is 5.10 Å². The van der Waals surface area contributed by atoms with Gasteiger partial charge in [0.05, 0.1) is 41.0 Å². The smallest absolute Gasteiger partial charge is 0.161 e. The van der Waals surface area contributed by atoms with Crippen LogP contribution >= 0.6 is 23.2 Å². The number of nitrogens with one attached hydrogen (secondary N) is 2. The minimum atomic E-state index is 0.466. The molecule has 8 heteroatoms. The Bertz CT molecular complexity index is 1060. The van der Waals surface area contributed by atoms with E-state index in [2.05, 4.69) is 20.2 Å². The lowest BCUT2D eigenvalue weighted by molar-refractivity contribution is 0.355. The van der Waals surface area contributed by atoms with Crippen molar-refractivity contribution in [1.29, 1.82) is 0 Å². The van der Waals surface area contributed by atoms with Gasteiger partial charge in [0.1, 0.15) is 5.69 Å². The van der Waals surface area contributed by atoms with Gasteiger partial charge >= 0.3 is 0 Å². The van der Waals surface area contributed by atoms with Crippen LogP contribution in [0.4, 0.5) is 0 Å². The van der Waals surface area contributed by atoms with E-state index in [1.54, 1.807) is 26.4 Å². The fourth-order valence-corrected chi connectivity index (χ4v) is 3.04. The van der Waals surface area contributed by atoms with Crippen molar-refractivity contribution in [3.05, 3.63) is 46.4 Å². The predicted molar refractivity (Wildman–Crippen MR) is 102 cm³/mol. The van der Waals surface area contributed by atoms with Gasteiger partial charge in [-0.15, -0.1) is 0 Å². The zero-order valence-corrected chi connectivity index (χ0v) is 15.4. The summed E-state index contributed by atoms with van der Waals surface area (Å²) >= 11 is 12.1. The lowest BCUT2D eigenvalue weighted by atomic mass is 10.1. The number of imidazole rings is 1. The molecule has 0 spiro atoms. The van der Waals surface area contributed by atoms with Crippen molar-refractivity contribution in [2.75, 3.05) is 14.2 Å². The highest BCUT2D eigenvalue weighted by atomic mass is 35.5. The van der Waals surface area contributed by atoms with Crippen molar-refractivity contribution in [3.63, 3.8) is 0 Å². The zero-order chi connectivity index (χ0) is 18.3. The number of rotatable bonds is 4. The summed E-state index contributed by atoms with van der Waals surface area (Å²) < 4.78 is 10.6. The van der Waals surface area contributed by atoms with Gasteiger partial charge in [-0.05, 0) is 36.4 Å². The molecule has 0 atom stereocenters. The van der Waals surface area contributed by atoms with Crippen LogP contribution in [0.2, 0.25) is 10.0 Å². The maximum atomic E-state index is 6.06. The fraction of sp³-hybridized carbons (Fsp3) is 0.111. The van der Waals surface area contributed by atoms with Gasteiger partial charge in [-0.2, -0.15) is 5.10 Å². The summed E-state index contributed by atoms with van der Waals surface area (Å²) in [6.45, 7) is 0. The molecule has 2 N–H and O–H groups in total. The Hall–Kier alpha value is -2.70. The molecule has 0 radical (unpaired) electrons. The predicted octanol–water partition coefficient (Wildman–Crippen LogP) is 4.94. The van der Waals surface area contributed by atoms with E-state index in [0.717, 1.165) is 28.0 Å². The van der Waals surface area contributed by atoms with Crippen LogP contribution in [0.1, 0.15) is 0 Å². The summed E-state index contributed by atoms with van der Waals surface area (Å²) in [4.78, 5) is 7.75. The van der Waals surface area contributed by atoms with E-state index < -0.39 is 0 Å². The van der Waals surface area contributed by atoms with Crippen LogP contribution in [0.25, 0.3) is 33.8 Å². The van der Waals surface area contributed by atoms with E-state index in [9.17, 15) is 0 Å². The molecule has 0 aliphatic carbocycles. The Kier molecular flexibility index (Phi) is 4.22. The van der Waals surface area contributed by atoms with Crippen molar-refractivity contribution < 1.29 is 9.47 Å². The van der Waals surface area contributed by atoms with Gasteiger partial charge in [-0.25, -0.2) is 4.98 Å². The SMILES string of the molecule is COc1ccc(-c2cc(-c3nc4cc(Cl)c(Cl)cc4[nH]3)[nH]n2)cc1OC. The van der Waals surface area contributed by atoms with Gasteiger partial charge in [0.15, 0.2) is 17.3 Å². The third kappa shape index (κ3) is 2.87. The third-order valence-electron chi connectivity index (χ3n) is 4.04. The van der Waals surface area contributed by atoms with Gasteiger partial charge in [0.2, 0.25) is 0 Å². The molecule has 2 aromatic carbocycles. The second kappa shape index (κ2) is 6.55. The molecular formula is C18H14Cl2N4O2. The summed E-state index contributed by atoms with van der Waals surface area (Å²) in [5.41, 5.74) is 3.94. The van der Waals surface area contributed by atoms with E-state index in [1.807, 2.05) is 24.3 Å². The first-order valence-corrected chi connectivity index (χ1v) is 8.47. The van der Waals surface area contributed by atoms with Crippen molar-refractivity contribution in [2.45, 2.75) is 0 Å². The topological polar surface area (TPSA) is 75.8 Å². The number of benzene rings is 2. The summed E-state index contributed by atoms with van der Waals surface area (Å²) in [7, 11) is 3.20. The van der Waals surface area contributed by atoms with Crippen molar-refractivity contribution in [2.24, 2.45) is 0 Å². The molecule has 0 aliphatic heterocycles. The highest BCUT2D eigenvalue weighted by Crippen LogP contribution is 2.33. The van der Waals surface area contributed by atoms with E-state index in [-0.39, 0.29) is 0 Å². The lowest BCUT2D eigenvalue weighted by Crippen LogP contribution is -1.90. The Labute approximate surface area is 159 Å². The van der Waals surface area contributed by atoms with Crippen LogP contribution in [-0.4, -0.2) is 34.4 Å². The molecule has 0 aliphatic rings. The second-order valence-corrected chi connectivity index (χ2v) is 6.42. The van der Waals surface area contributed by atoms with Crippen LogP contribution in [0, 0.1) is 0 Å². The number of fused-ring (bicyclic) bond motifs is 1. The summed E-state index contributed by atoms with van der Waals surface area (Å²) in [6.07, 6.45) is 0. The summed E-state index contributed by atoms with van der Waals surface area (Å²) in [5, 5.41) is 8.30. The number of ether oxygens (including phenoxy) is 2. The Balaban J connectivity index is 1.72. The molecule has 4 aromatic rings. The number of aromatic amines is 2. The molecule has 2 aromatic heterocycles. The Morgan fingerprint density at radius 3 is 2.46 bits per heavy atom. The quantitative estimate of drug-likeness (QED) is 0.518. The number of hydrogen-bond donors (Lipinski definition) is 2. The minimum absolute atomic E-state index is 0.466. The number of H-pyrrole nitrogens is 2. The maximum absolute atomic E-state index is 6.06. The molecular weight excluding hydrogens is 375 g/mol. The molecule has 0 unspecified atom stereocenters. The van der Waals surface area contributed by atoms with Crippen LogP contribution < -0.4 is 9.47 Å². The van der Waals surface area contributed by atoms with Crippen molar-refractivity contribution in [3.8, 4) is 34.3 Å². The molecule has 132 valence electrons. The number of hydrogen-bond acceptors (Lipinski definition) is 4. The maximum Gasteiger partial charge on any atom is 0.161 e. The van der Waals surface area contributed by atoms with Crippen LogP contribution in [0.3, 0.4) is 0 Å². The molecule has 2 heterocycles. The number of aromatic nitrogens is 4. The van der Waals surface area contributed by atoms with E-state index in [4.69, 9.17) is 32.7 Å². The highest BCUT2D eigenvalue weighted by molar-refractivity contribution is 6.42. The van der Waals surface area contributed by atoms with Gasteiger partial charge in [0, 0.05) is 5.56 Å². The van der Waals surface area contributed by atoms with Gasteiger partial charge in [0.25, 0.3) is 0 Å². The molecule has 4 rings (SSSR count). The standard InChI is InChI=1S/C18H14Cl2N4O2/c1-25-16-4-3-9(5-17(16)26-2)12-8-15(24-23-12)18-21-13-6-10(19)11(20)7-14(13)22-18/h3-8H,1-2H3,(H,21,22)(H,23,24). The molecule has 0 fully saturated rings. The van der Waals surface area contributed by atoms with Crippen molar-refractivity contribution >= 4 is 34.2 Å². The molecule has 0 amide bonds. The molecule has 6 nitrogen and oxygen atoms in total. The molecule has 0 saturated carbocycles. The monoisotopic (exact) mass is 388 g/mol. The number of methoxy groups -OCH3 is 2. The first kappa shape index (κ1) is 16.8. The lowest BCUT2D eigenvalue weighted by Gasteiger charge is -2.08. The largest absolute Gasteiger partial charge is 0.493 e. The average molecular weight is 389 g/mol. The molecule has 0 bridgehead atoms. The normalized spacial score (nSPS) is 11.1. The first-order chi connectivity index (χ1) is 12.6. The zero-order valence-electron chi connectivity index (χ0n) is 13.9. The minimum Gasteiger partial charge on any atom is -0.493 e. The molecule has 26 heavy (non-hydrogen) atoms. The van der Waals surface area contributed by atoms with Crippen LogP contribution in [0.5, 0.6) is 11.5 Å². The third-order valence-corrected chi connectivity index (χ3v) is 4.76. The van der Waals surface area contributed by atoms with Gasteiger partial charge < -0.3 is 14.5 Å². The average Bonchev–Trinajstić information content (AvgIpc) is 3.28. The summed E-state index contributed by atoms with van der Waals surface area (Å²) in [6, 6.07) is 11.0.